The molecule has 0 aliphatic heterocycles. The number of fused-ring (bicyclic) bond motifs is 3. The van der Waals surface area contributed by atoms with Gasteiger partial charge in [0.2, 0.25) is 0 Å². The number of hydrogen-bond donors (Lipinski definition) is 2. The highest BCUT2D eigenvalue weighted by Gasteiger charge is 2.18. The molecular formula is C16H19NO4. The van der Waals surface area contributed by atoms with Crippen molar-refractivity contribution in [1.82, 2.24) is 5.32 Å². The van der Waals surface area contributed by atoms with Gasteiger partial charge in [-0.3, -0.25) is 4.79 Å². The third-order valence-corrected chi connectivity index (χ3v) is 3.73. The van der Waals surface area contributed by atoms with Crippen LogP contribution in [-0.4, -0.2) is 30.8 Å². The van der Waals surface area contributed by atoms with Crippen LogP contribution in [0.2, 0.25) is 0 Å². The molecule has 0 saturated heterocycles. The summed E-state index contributed by atoms with van der Waals surface area (Å²) in [5, 5.41) is 12.3. The number of ether oxygens (including phenoxy) is 1. The van der Waals surface area contributed by atoms with Gasteiger partial charge in [0, 0.05) is 23.9 Å². The summed E-state index contributed by atoms with van der Waals surface area (Å²) >= 11 is 0. The summed E-state index contributed by atoms with van der Waals surface area (Å²) in [6, 6.07) is 5.66. The Bertz CT molecular complexity index is 647. The number of aliphatic hydroxyl groups is 1. The fourth-order valence-corrected chi connectivity index (χ4v) is 2.73. The summed E-state index contributed by atoms with van der Waals surface area (Å²) in [4.78, 5) is 11.5. The van der Waals surface area contributed by atoms with Crippen molar-refractivity contribution in [3.63, 3.8) is 0 Å². The second-order valence-corrected chi connectivity index (χ2v) is 5.23. The lowest BCUT2D eigenvalue weighted by Gasteiger charge is -2.09. The first-order valence-corrected chi connectivity index (χ1v) is 7.32. The molecule has 0 unspecified atom stereocenters. The van der Waals surface area contributed by atoms with E-state index in [9.17, 15) is 4.79 Å². The molecule has 1 aromatic heterocycles. The minimum Gasteiger partial charge on any atom is -0.484 e. The summed E-state index contributed by atoms with van der Waals surface area (Å²) in [7, 11) is 0. The van der Waals surface area contributed by atoms with E-state index >= 15 is 0 Å². The van der Waals surface area contributed by atoms with Crippen LogP contribution < -0.4 is 10.1 Å². The van der Waals surface area contributed by atoms with Crippen LogP contribution in [0.25, 0.3) is 11.0 Å². The van der Waals surface area contributed by atoms with E-state index in [2.05, 4.69) is 5.32 Å². The summed E-state index contributed by atoms with van der Waals surface area (Å²) in [6.07, 6.45) is 4.42. The van der Waals surface area contributed by atoms with Crippen LogP contribution in [0.1, 0.15) is 24.2 Å². The molecule has 1 aliphatic carbocycles. The quantitative estimate of drug-likeness (QED) is 0.880. The van der Waals surface area contributed by atoms with Crippen molar-refractivity contribution in [2.45, 2.75) is 25.7 Å². The Morgan fingerprint density at radius 2 is 2.19 bits per heavy atom. The average Bonchev–Trinajstić information content (AvgIpc) is 2.89. The van der Waals surface area contributed by atoms with Crippen molar-refractivity contribution >= 4 is 16.9 Å². The zero-order valence-corrected chi connectivity index (χ0v) is 11.9. The monoisotopic (exact) mass is 289 g/mol. The van der Waals surface area contributed by atoms with Gasteiger partial charge in [-0.05, 0) is 37.5 Å². The molecule has 0 saturated carbocycles. The van der Waals surface area contributed by atoms with Gasteiger partial charge in [-0.1, -0.05) is 0 Å². The van der Waals surface area contributed by atoms with Crippen molar-refractivity contribution < 1.29 is 19.1 Å². The molecule has 0 spiro atoms. The van der Waals surface area contributed by atoms with Gasteiger partial charge in [-0.25, -0.2) is 0 Å². The van der Waals surface area contributed by atoms with E-state index in [0.717, 1.165) is 29.6 Å². The summed E-state index contributed by atoms with van der Waals surface area (Å²) in [5.74, 6) is 1.52. The van der Waals surface area contributed by atoms with Crippen LogP contribution in [0.15, 0.2) is 22.6 Å². The van der Waals surface area contributed by atoms with Gasteiger partial charge >= 0.3 is 0 Å². The van der Waals surface area contributed by atoms with E-state index in [1.807, 2.05) is 18.2 Å². The molecule has 2 N–H and O–H groups in total. The van der Waals surface area contributed by atoms with Gasteiger partial charge in [0.05, 0.1) is 6.61 Å². The Kier molecular flexibility index (Phi) is 4.10. The number of aryl methyl sites for hydroxylation is 2. The second-order valence-electron chi connectivity index (χ2n) is 5.23. The molecule has 0 atom stereocenters. The van der Waals surface area contributed by atoms with Crippen molar-refractivity contribution in [3.8, 4) is 5.75 Å². The fraction of sp³-hybridized carbons (Fsp3) is 0.438. The van der Waals surface area contributed by atoms with Crippen LogP contribution in [0.3, 0.4) is 0 Å². The zero-order valence-electron chi connectivity index (χ0n) is 11.9. The number of aliphatic hydroxyl groups excluding tert-OH is 1. The van der Waals surface area contributed by atoms with Gasteiger partial charge in [0.15, 0.2) is 6.61 Å². The highest BCUT2D eigenvalue weighted by molar-refractivity contribution is 5.84. The summed E-state index contributed by atoms with van der Waals surface area (Å²) in [5.41, 5.74) is 2.17. The first-order chi connectivity index (χ1) is 10.3. The van der Waals surface area contributed by atoms with Gasteiger partial charge in [0.25, 0.3) is 5.91 Å². The number of rotatable bonds is 5. The predicted molar refractivity (Wildman–Crippen MR) is 78.4 cm³/mol. The molecule has 0 bridgehead atoms. The Labute approximate surface area is 122 Å². The number of furan rings is 1. The Morgan fingerprint density at radius 1 is 1.33 bits per heavy atom. The molecule has 5 nitrogen and oxygen atoms in total. The van der Waals surface area contributed by atoms with E-state index in [1.165, 1.54) is 18.4 Å². The summed E-state index contributed by atoms with van der Waals surface area (Å²) < 4.78 is 11.4. The van der Waals surface area contributed by atoms with Crippen LogP contribution in [0.5, 0.6) is 5.75 Å². The molecule has 1 aromatic carbocycles. The second kappa shape index (κ2) is 6.18. The largest absolute Gasteiger partial charge is 0.484 e. The van der Waals surface area contributed by atoms with Gasteiger partial charge in [0.1, 0.15) is 17.1 Å². The Morgan fingerprint density at radius 3 is 3.05 bits per heavy atom. The summed E-state index contributed by atoms with van der Waals surface area (Å²) in [6.45, 7) is 0.126. The minimum atomic E-state index is -0.238. The van der Waals surface area contributed by atoms with Crippen molar-refractivity contribution in [1.29, 1.82) is 0 Å². The zero-order chi connectivity index (χ0) is 14.7. The smallest absolute Gasteiger partial charge is 0.258 e. The van der Waals surface area contributed by atoms with E-state index in [0.29, 0.717) is 5.75 Å². The lowest BCUT2D eigenvalue weighted by molar-refractivity contribution is -0.123. The molecule has 21 heavy (non-hydrogen) atoms. The predicted octanol–water partition coefficient (Wildman–Crippen LogP) is 1.80. The van der Waals surface area contributed by atoms with Crippen LogP contribution in [0.4, 0.5) is 0 Å². The molecule has 1 amide bonds. The van der Waals surface area contributed by atoms with E-state index in [4.69, 9.17) is 14.3 Å². The maximum Gasteiger partial charge on any atom is 0.258 e. The molecule has 2 aromatic rings. The first kappa shape index (κ1) is 13.9. The maximum absolute atomic E-state index is 11.5. The van der Waals surface area contributed by atoms with E-state index in [1.54, 1.807) is 0 Å². The first-order valence-electron chi connectivity index (χ1n) is 7.32. The third-order valence-electron chi connectivity index (χ3n) is 3.73. The SMILES string of the molecule is O=C(COc1ccc2oc3c(c2c1)CCCC3)NCCO. The number of carbonyl (C=O) groups is 1. The topological polar surface area (TPSA) is 71.7 Å². The van der Waals surface area contributed by atoms with Gasteiger partial charge in [-0.2, -0.15) is 0 Å². The van der Waals surface area contributed by atoms with Gasteiger partial charge < -0.3 is 19.6 Å². The Hall–Kier alpha value is -2.01. The van der Waals surface area contributed by atoms with Crippen molar-refractivity contribution in [2.75, 3.05) is 19.8 Å². The molecule has 3 rings (SSSR count). The number of benzene rings is 1. The number of nitrogens with one attached hydrogen (secondary N) is 1. The van der Waals surface area contributed by atoms with Crippen molar-refractivity contribution in [2.24, 2.45) is 0 Å². The molecule has 112 valence electrons. The lowest BCUT2D eigenvalue weighted by Crippen LogP contribution is -2.31. The molecule has 0 fully saturated rings. The van der Waals surface area contributed by atoms with E-state index in [-0.39, 0.29) is 25.7 Å². The number of hydrogen-bond acceptors (Lipinski definition) is 4. The normalized spacial score (nSPS) is 14.0. The standard InChI is InChI=1S/C16H19NO4/c18-8-7-17-16(19)10-20-11-5-6-15-13(9-11)12-3-1-2-4-14(12)21-15/h5-6,9,18H,1-4,7-8,10H2,(H,17,19). The molecule has 5 heteroatoms. The Balaban J connectivity index is 1.73. The minimum absolute atomic E-state index is 0.0501. The average molecular weight is 289 g/mol. The van der Waals surface area contributed by atoms with Crippen LogP contribution in [0, 0.1) is 0 Å². The third kappa shape index (κ3) is 3.03. The maximum atomic E-state index is 11.5. The molecule has 1 aliphatic rings. The highest BCUT2D eigenvalue weighted by atomic mass is 16.5. The van der Waals surface area contributed by atoms with Crippen molar-refractivity contribution in [3.05, 3.63) is 29.5 Å². The molecular weight excluding hydrogens is 270 g/mol. The highest BCUT2D eigenvalue weighted by Crippen LogP contribution is 2.33. The van der Waals surface area contributed by atoms with Crippen LogP contribution >= 0.6 is 0 Å². The lowest BCUT2D eigenvalue weighted by atomic mass is 9.96. The molecule has 1 heterocycles. The van der Waals surface area contributed by atoms with Crippen LogP contribution in [-0.2, 0) is 17.6 Å². The fourth-order valence-electron chi connectivity index (χ4n) is 2.73. The molecule has 0 radical (unpaired) electrons. The number of carbonyl (C=O) groups excluding carboxylic acids is 1. The number of amides is 1. The van der Waals surface area contributed by atoms with E-state index < -0.39 is 0 Å². The van der Waals surface area contributed by atoms with Gasteiger partial charge in [-0.15, -0.1) is 0 Å².